The zero-order valence-electron chi connectivity index (χ0n) is 13.5. The van der Waals surface area contributed by atoms with Crippen molar-refractivity contribution in [3.8, 4) is 5.75 Å². The lowest BCUT2D eigenvalue weighted by atomic mass is 9.80. The number of nitrogens with one attached hydrogen (secondary N) is 1. The average Bonchev–Trinajstić information content (AvgIpc) is 3.17. The van der Waals surface area contributed by atoms with E-state index in [1.807, 2.05) is 23.6 Å². The third kappa shape index (κ3) is 2.69. The number of carbonyl (C=O) groups is 2. The number of halogens is 1. The number of urea groups is 1. The summed E-state index contributed by atoms with van der Waals surface area (Å²) >= 11 is 7.70. The Morgan fingerprint density at radius 2 is 2.12 bits per heavy atom. The van der Waals surface area contributed by atoms with Gasteiger partial charge in [-0.15, -0.1) is 11.3 Å². The van der Waals surface area contributed by atoms with Gasteiger partial charge in [0.05, 0.1) is 11.6 Å². The monoisotopic (exact) mass is 376 g/mol. The Morgan fingerprint density at radius 3 is 2.96 bits per heavy atom. The fraction of sp³-hybridized carbons (Fsp3) is 0.333. The second-order valence-corrected chi connectivity index (χ2v) is 7.59. The molecule has 2 aromatic rings. The summed E-state index contributed by atoms with van der Waals surface area (Å²) in [6, 6.07) is 8.74. The van der Waals surface area contributed by atoms with E-state index in [0.29, 0.717) is 17.2 Å². The van der Waals surface area contributed by atoms with Gasteiger partial charge in [0.2, 0.25) is 0 Å². The van der Waals surface area contributed by atoms with Gasteiger partial charge in [0.15, 0.2) is 0 Å². The molecule has 0 radical (unpaired) electrons. The highest BCUT2D eigenvalue weighted by atomic mass is 35.5. The molecule has 2 aliphatic rings. The summed E-state index contributed by atoms with van der Waals surface area (Å²) in [5.74, 6) is 0.364. The number of fused-ring (bicyclic) bond motifs is 2. The number of benzene rings is 1. The molecule has 1 N–H and O–H groups in total. The molecule has 1 aromatic heterocycles. The van der Waals surface area contributed by atoms with Gasteiger partial charge in [0.25, 0.3) is 5.91 Å². The number of hydrogen-bond donors (Lipinski definition) is 1. The second kappa shape index (κ2) is 6.35. The van der Waals surface area contributed by atoms with Crippen LogP contribution < -0.4 is 10.1 Å². The summed E-state index contributed by atoms with van der Waals surface area (Å²) in [5, 5.41) is 5.43. The Kier molecular flexibility index (Phi) is 4.17. The molecule has 5 nitrogen and oxygen atoms in total. The minimum atomic E-state index is -0.894. The molecule has 7 heteroatoms. The lowest BCUT2D eigenvalue weighted by molar-refractivity contribution is -0.132. The maximum absolute atomic E-state index is 13.0. The van der Waals surface area contributed by atoms with Crippen LogP contribution in [0.1, 0.15) is 23.3 Å². The van der Waals surface area contributed by atoms with E-state index in [4.69, 9.17) is 16.3 Å². The van der Waals surface area contributed by atoms with Crippen molar-refractivity contribution in [3.05, 3.63) is 51.2 Å². The number of carbonyl (C=O) groups excluding carboxylic acids is 2. The highest BCUT2D eigenvalue weighted by Crippen LogP contribution is 2.42. The summed E-state index contributed by atoms with van der Waals surface area (Å²) in [6.07, 6.45) is 2.50. The van der Waals surface area contributed by atoms with E-state index in [-0.39, 0.29) is 25.1 Å². The SMILES string of the molecule is O=C1NC2(CCCc3sccc32)C(=O)N1CCOc1ccccc1Cl. The Hall–Kier alpha value is -2.05. The number of para-hydroxylation sites is 1. The van der Waals surface area contributed by atoms with Gasteiger partial charge in [0, 0.05) is 10.4 Å². The van der Waals surface area contributed by atoms with E-state index in [2.05, 4.69) is 5.32 Å². The number of aryl methyl sites for hydroxylation is 1. The Labute approximate surface area is 154 Å². The van der Waals surface area contributed by atoms with E-state index in [0.717, 1.165) is 18.4 Å². The second-order valence-electron chi connectivity index (χ2n) is 6.18. The summed E-state index contributed by atoms with van der Waals surface area (Å²) < 4.78 is 5.62. The van der Waals surface area contributed by atoms with E-state index in [1.54, 1.807) is 23.5 Å². The molecule has 2 heterocycles. The van der Waals surface area contributed by atoms with Crippen LogP contribution in [0.5, 0.6) is 5.75 Å². The van der Waals surface area contributed by atoms with Crippen molar-refractivity contribution in [2.75, 3.05) is 13.2 Å². The molecule has 4 rings (SSSR count). The van der Waals surface area contributed by atoms with E-state index >= 15 is 0 Å². The zero-order chi connectivity index (χ0) is 17.4. The van der Waals surface area contributed by atoms with Crippen molar-refractivity contribution in [3.63, 3.8) is 0 Å². The predicted molar refractivity (Wildman–Crippen MR) is 96.1 cm³/mol. The molecule has 3 amide bonds. The van der Waals surface area contributed by atoms with Crippen LogP contribution in [0.25, 0.3) is 0 Å². The molecule has 1 fully saturated rings. The normalized spacial score (nSPS) is 22.2. The lowest BCUT2D eigenvalue weighted by Crippen LogP contribution is -2.46. The van der Waals surface area contributed by atoms with E-state index < -0.39 is 5.54 Å². The van der Waals surface area contributed by atoms with Crippen LogP contribution >= 0.6 is 22.9 Å². The van der Waals surface area contributed by atoms with Crippen molar-refractivity contribution < 1.29 is 14.3 Å². The third-order valence-electron chi connectivity index (χ3n) is 4.75. The molecule has 1 spiro atoms. The number of amides is 3. The van der Waals surface area contributed by atoms with Crippen molar-refractivity contribution >= 4 is 34.9 Å². The van der Waals surface area contributed by atoms with Gasteiger partial charge in [-0.3, -0.25) is 9.69 Å². The molecular formula is C18H17ClN2O3S. The fourth-order valence-corrected chi connectivity index (χ4v) is 4.74. The van der Waals surface area contributed by atoms with Crippen LogP contribution in [-0.4, -0.2) is 30.0 Å². The van der Waals surface area contributed by atoms with Crippen LogP contribution in [0, 0.1) is 0 Å². The molecule has 25 heavy (non-hydrogen) atoms. The Bertz CT molecular complexity index is 837. The number of rotatable bonds is 4. The Morgan fingerprint density at radius 1 is 1.28 bits per heavy atom. The molecular weight excluding hydrogens is 360 g/mol. The summed E-state index contributed by atoms with van der Waals surface area (Å²) in [7, 11) is 0. The first-order chi connectivity index (χ1) is 12.1. The highest BCUT2D eigenvalue weighted by molar-refractivity contribution is 7.10. The lowest BCUT2D eigenvalue weighted by Gasteiger charge is -2.31. The average molecular weight is 377 g/mol. The number of thiophene rings is 1. The first kappa shape index (κ1) is 16.4. The number of imide groups is 1. The van der Waals surface area contributed by atoms with Crippen molar-refractivity contribution in [1.82, 2.24) is 10.2 Å². The van der Waals surface area contributed by atoms with Crippen LogP contribution in [0.2, 0.25) is 5.02 Å². The molecule has 1 aromatic carbocycles. The van der Waals surface area contributed by atoms with Crippen LogP contribution in [0.15, 0.2) is 35.7 Å². The smallest absolute Gasteiger partial charge is 0.325 e. The van der Waals surface area contributed by atoms with Crippen molar-refractivity contribution in [1.29, 1.82) is 0 Å². The zero-order valence-corrected chi connectivity index (χ0v) is 15.0. The van der Waals surface area contributed by atoms with Gasteiger partial charge in [-0.1, -0.05) is 23.7 Å². The van der Waals surface area contributed by atoms with Gasteiger partial charge in [-0.05, 0) is 42.8 Å². The van der Waals surface area contributed by atoms with Crippen LogP contribution in [0.3, 0.4) is 0 Å². The topological polar surface area (TPSA) is 58.6 Å². The number of nitrogens with zero attached hydrogens (tertiary/aromatic N) is 1. The van der Waals surface area contributed by atoms with Gasteiger partial charge in [0.1, 0.15) is 17.9 Å². The van der Waals surface area contributed by atoms with Gasteiger partial charge in [-0.2, -0.15) is 0 Å². The highest BCUT2D eigenvalue weighted by Gasteiger charge is 2.54. The minimum absolute atomic E-state index is 0.181. The van der Waals surface area contributed by atoms with Crippen molar-refractivity contribution in [2.24, 2.45) is 0 Å². The number of hydrogen-bond acceptors (Lipinski definition) is 4. The molecule has 1 atom stereocenters. The van der Waals surface area contributed by atoms with Gasteiger partial charge in [-0.25, -0.2) is 4.79 Å². The Balaban J connectivity index is 1.49. The first-order valence-corrected chi connectivity index (χ1v) is 9.46. The van der Waals surface area contributed by atoms with E-state index in [9.17, 15) is 9.59 Å². The predicted octanol–water partition coefficient (Wildman–Crippen LogP) is 3.56. The minimum Gasteiger partial charge on any atom is -0.490 e. The standard InChI is InChI=1S/C18H17ClN2O3S/c19-13-4-1-2-5-14(13)24-10-9-21-16(22)18(20-17(21)23)8-3-6-15-12(18)7-11-25-15/h1-2,4-5,7,11H,3,6,8-10H2,(H,20,23). The van der Waals surface area contributed by atoms with Crippen LogP contribution in [0.4, 0.5) is 4.79 Å². The largest absolute Gasteiger partial charge is 0.490 e. The molecule has 0 bridgehead atoms. The summed E-state index contributed by atoms with van der Waals surface area (Å²) in [4.78, 5) is 27.9. The maximum Gasteiger partial charge on any atom is 0.325 e. The number of ether oxygens (including phenoxy) is 1. The summed E-state index contributed by atoms with van der Waals surface area (Å²) in [5.41, 5.74) is 0.0614. The fourth-order valence-electron chi connectivity index (χ4n) is 3.55. The van der Waals surface area contributed by atoms with Crippen LogP contribution in [-0.2, 0) is 16.8 Å². The summed E-state index contributed by atoms with van der Waals surface area (Å²) in [6.45, 7) is 0.395. The quantitative estimate of drug-likeness (QED) is 0.830. The van der Waals surface area contributed by atoms with Gasteiger partial charge < -0.3 is 10.1 Å². The molecule has 130 valence electrons. The first-order valence-electron chi connectivity index (χ1n) is 8.20. The molecule has 0 saturated carbocycles. The van der Waals surface area contributed by atoms with Crippen molar-refractivity contribution in [2.45, 2.75) is 24.8 Å². The third-order valence-corrected chi connectivity index (χ3v) is 6.04. The molecule has 1 aliphatic carbocycles. The molecule has 1 aliphatic heterocycles. The molecule has 1 saturated heterocycles. The maximum atomic E-state index is 13.0. The molecule has 1 unspecified atom stereocenters. The van der Waals surface area contributed by atoms with Gasteiger partial charge >= 0.3 is 6.03 Å². The van der Waals surface area contributed by atoms with E-state index in [1.165, 1.54) is 9.78 Å².